The minimum absolute atomic E-state index is 0.0475. The molecule has 112 valence electrons. The Hall–Kier alpha value is -2.82. The number of ether oxygens (including phenoxy) is 1. The number of carbonyl (C=O) groups is 1. The molecule has 0 fully saturated rings. The number of amides is 1. The summed E-state index contributed by atoms with van der Waals surface area (Å²) in [6, 6.07) is 15.3. The first kappa shape index (κ1) is 14.1. The quantitative estimate of drug-likeness (QED) is 0.759. The molecule has 5 nitrogen and oxygen atoms in total. The maximum atomic E-state index is 12.0. The van der Waals surface area contributed by atoms with Crippen molar-refractivity contribution in [3.63, 3.8) is 0 Å². The number of imidazole rings is 1. The van der Waals surface area contributed by atoms with Gasteiger partial charge in [-0.3, -0.25) is 4.79 Å². The lowest BCUT2D eigenvalue weighted by molar-refractivity contribution is -0.120. The Morgan fingerprint density at radius 2 is 2.09 bits per heavy atom. The minimum atomic E-state index is -0.0475. The van der Waals surface area contributed by atoms with E-state index in [1.807, 2.05) is 48.5 Å². The van der Waals surface area contributed by atoms with Crippen LogP contribution in [0.4, 0.5) is 0 Å². The van der Waals surface area contributed by atoms with E-state index in [-0.39, 0.29) is 5.91 Å². The zero-order chi connectivity index (χ0) is 15.4. The molecule has 0 radical (unpaired) electrons. The van der Waals surface area contributed by atoms with Gasteiger partial charge >= 0.3 is 0 Å². The van der Waals surface area contributed by atoms with Crippen LogP contribution in [0.3, 0.4) is 0 Å². The number of aromatic nitrogens is 2. The molecule has 2 aromatic carbocycles. The van der Waals surface area contributed by atoms with Crippen molar-refractivity contribution in [2.75, 3.05) is 7.11 Å². The van der Waals surface area contributed by atoms with Gasteiger partial charge in [0, 0.05) is 0 Å². The molecule has 3 rings (SSSR count). The van der Waals surface area contributed by atoms with Crippen LogP contribution in [0.1, 0.15) is 11.4 Å². The Morgan fingerprint density at radius 1 is 1.23 bits per heavy atom. The molecule has 1 heterocycles. The Balaban J connectivity index is 1.59. The van der Waals surface area contributed by atoms with E-state index in [1.54, 1.807) is 7.11 Å². The topological polar surface area (TPSA) is 67.0 Å². The van der Waals surface area contributed by atoms with Crippen LogP contribution < -0.4 is 10.1 Å². The third-order valence-corrected chi connectivity index (χ3v) is 3.39. The molecule has 0 saturated heterocycles. The van der Waals surface area contributed by atoms with E-state index < -0.39 is 0 Å². The number of hydrogen-bond donors (Lipinski definition) is 2. The highest BCUT2D eigenvalue weighted by Crippen LogP contribution is 2.13. The summed E-state index contributed by atoms with van der Waals surface area (Å²) in [6.45, 7) is 0.386. The van der Waals surface area contributed by atoms with Crippen molar-refractivity contribution in [1.29, 1.82) is 0 Å². The standard InChI is InChI=1S/C17H17N3O2/c1-22-13-6-4-5-12(9-13)10-17(21)18-11-16-19-14-7-2-3-8-15(14)20-16/h2-9H,10-11H2,1H3,(H,18,21)(H,19,20). The van der Waals surface area contributed by atoms with Crippen molar-refractivity contribution in [1.82, 2.24) is 15.3 Å². The van der Waals surface area contributed by atoms with Gasteiger partial charge in [0.15, 0.2) is 0 Å². The number of aromatic amines is 1. The predicted molar refractivity (Wildman–Crippen MR) is 84.6 cm³/mol. The maximum absolute atomic E-state index is 12.0. The third-order valence-electron chi connectivity index (χ3n) is 3.39. The summed E-state index contributed by atoms with van der Waals surface area (Å²) in [6.07, 6.45) is 0.317. The summed E-state index contributed by atoms with van der Waals surface area (Å²) in [5.74, 6) is 1.46. The number of hydrogen-bond acceptors (Lipinski definition) is 3. The lowest BCUT2D eigenvalue weighted by atomic mass is 10.1. The summed E-state index contributed by atoms with van der Waals surface area (Å²) < 4.78 is 5.15. The third kappa shape index (κ3) is 3.25. The second-order valence-corrected chi connectivity index (χ2v) is 5.01. The maximum Gasteiger partial charge on any atom is 0.224 e. The Bertz CT molecular complexity index is 762. The van der Waals surface area contributed by atoms with Gasteiger partial charge in [0.2, 0.25) is 5.91 Å². The van der Waals surface area contributed by atoms with Crippen LogP contribution >= 0.6 is 0 Å². The molecule has 3 aromatic rings. The fourth-order valence-electron chi connectivity index (χ4n) is 2.30. The first-order valence-electron chi connectivity index (χ1n) is 7.08. The normalized spacial score (nSPS) is 10.6. The smallest absolute Gasteiger partial charge is 0.224 e. The van der Waals surface area contributed by atoms with E-state index >= 15 is 0 Å². The number of fused-ring (bicyclic) bond motifs is 1. The lowest BCUT2D eigenvalue weighted by Gasteiger charge is -2.05. The highest BCUT2D eigenvalue weighted by Gasteiger charge is 2.06. The number of nitrogens with zero attached hydrogens (tertiary/aromatic N) is 1. The van der Waals surface area contributed by atoms with Gasteiger partial charge in [0.1, 0.15) is 11.6 Å². The Labute approximate surface area is 128 Å². The molecule has 0 saturated carbocycles. The molecular formula is C17H17N3O2. The summed E-state index contributed by atoms with van der Waals surface area (Å²) in [5, 5.41) is 2.87. The molecule has 0 bridgehead atoms. The average Bonchev–Trinajstić information content (AvgIpc) is 2.96. The number of nitrogens with one attached hydrogen (secondary N) is 2. The Morgan fingerprint density at radius 3 is 2.91 bits per heavy atom. The summed E-state index contributed by atoms with van der Waals surface area (Å²) in [7, 11) is 1.61. The van der Waals surface area contributed by atoms with E-state index in [9.17, 15) is 4.79 Å². The van der Waals surface area contributed by atoms with Crippen LogP contribution in [0.15, 0.2) is 48.5 Å². The molecule has 0 spiro atoms. The number of H-pyrrole nitrogens is 1. The molecular weight excluding hydrogens is 278 g/mol. The fourth-order valence-corrected chi connectivity index (χ4v) is 2.30. The molecule has 0 aliphatic carbocycles. The SMILES string of the molecule is COc1cccc(CC(=O)NCc2nc3ccccc3[nH]2)c1. The summed E-state index contributed by atoms with van der Waals surface area (Å²) in [5.41, 5.74) is 2.79. The number of benzene rings is 2. The number of methoxy groups -OCH3 is 1. The minimum Gasteiger partial charge on any atom is -0.497 e. The van der Waals surface area contributed by atoms with Crippen molar-refractivity contribution in [2.24, 2.45) is 0 Å². The van der Waals surface area contributed by atoms with Gasteiger partial charge in [0.25, 0.3) is 0 Å². The first-order chi connectivity index (χ1) is 10.7. The van der Waals surface area contributed by atoms with Crippen molar-refractivity contribution < 1.29 is 9.53 Å². The van der Waals surface area contributed by atoms with Gasteiger partial charge in [-0.25, -0.2) is 4.98 Å². The number of rotatable bonds is 5. The zero-order valence-corrected chi connectivity index (χ0v) is 12.3. The van der Waals surface area contributed by atoms with E-state index in [0.717, 1.165) is 28.2 Å². The molecule has 5 heteroatoms. The molecule has 0 aliphatic heterocycles. The van der Waals surface area contributed by atoms with Crippen LogP contribution in [0.25, 0.3) is 11.0 Å². The molecule has 0 atom stereocenters. The van der Waals surface area contributed by atoms with Crippen LogP contribution in [0, 0.1) is 0 Å². The van der Waals surface area contributed by atoms with Gasteiger partial charge in [-0.1, -0.05) is 24.3 Å². The van der Waals surface area contributed by atoms with Gasteiger partial charge in [-0.05, 0) is 29.8 Å². The van der Waals surface area contributed by atoms with E-state index in [1.165, 1.54) is 0 Å². The monoisotopic (exact) mass is 295 g/mol. The molecule has 1 amide bonds. The van der Waals surface area contributed by atoms with Crippen LogP contribution in [-0.4, -0.2) is 23.0 Å². The fraction of sp³-hybridized carbons (Fsp3) is 0.176. The van der Waals surface area contributed by atoms with E-state index in [2.05, 4.69) is 15.3 Å². The van der Waals surface area contributed by atoms with Crippen molar-refractivity contribution >= 4 is 16.9 Å². The highest BCUT2D eigenvalue weighted by molar-refractivity contribution is 5.79. The second-order valence-electron chi connectivity index (χ2n) is 5.01. The van der Waals surface area contributed by atoms with E-state index in [0.29, 0.717) is 13.0 Å². The van der Waals surface area contributed by atoms with Crippen LogP contribution in [0.5, 0.6) is 5.75 Å². The lowest BCUT2D eigenvalue weighted by Crippen LogP contribution is -2.25. The molecule has 1 aromatic heterocycles. The molecule has 0 unspecified atom stereocenters. The van der Waals surface area contributed by atoms with Gasteiger partial charge in [-0.15, -0.1) is 0 Å². The number of carbonyl (C=O) groups excluding carboxylic acids is 1. The van der Waals surface area contributed by atoms with Crippen LogP contribution in [0.2, 0.25) is 0 Å². The van der Waals surface area contributed by atoms with E-state index in [4.69, 9.17) is 4.74 Å². The van der Waals surface area contributed by atoms with Gasteiger partial charge in [0.05, 0.1) is 31.1 Å². The predicted octanol–water partition coefficient (Wildman–Crippen LogP) is 2.43. The molecule has 22 heavy (non-hydrogen) atoms. The Kier molecular flexibility index (Phi) is 4.05. The van der Waals surface area contributed by atoms with Gasteiger partial charge < -0.3 is 15.0 Å². The summed E-state index contributed by atoms with van der Waals surface area (Å²) in [4.78, 5) is 19.6. The zero-order valence-electron chi connectivity index (χ0n) is 12.3. The molecule has 0 aliphatic rings. The van der Waals surface area contributed by atoms with Crippen molar-refractivity contribution in [2.45, 2.75) is 13.0 Å². The van der Waals surface area contributed by atoms with Gasteiger partial charge in [-0.2, -0.15) is 0 Å². The second kappa shape index (κ2) is 6.30. The first-order valence-corrected chi connectivity index (χ1v) is 7.08. The van der Waals surface area contributed by atoms with Crippen molar-refractivity contribution in [3.05, 3.63) is 59.9 Å². The molecule has 2 N–H and O–H groups in total. The largest absolute Gasteiger partial charge is 0.497 e. The van der Waals surface area contributed by atoms with Crippen molar-refractivity contribution in [3.8, 4) is 5.75 Å². The average molecular weight is 295 g/mol. The summed E-state index contributed by atoms with van der Waals surface area (Å²) >= 11 is 0. The number of para-hydroxylation sites is 2. The van der Waals surface area contributed by atoms with Crippen LogP contribution in [-0.2, 0) is 17.8 Å². The highest BCUT2D eigenvalue weighted by atomic mass is 16.5.